The highest BCUT2D eigenvalue weighted by atomic mass is 35.5. The smallest absolute Gasteiger partial charge is 0.256 e. The summed E-state index contributed by atoms with van der Waals surface area (Å²) < 4.78 is 0. The number of aliphatic hydroxyl groups is 2. The molecule has 1 aromatic rings. The number of benzene rings is 1. The fraction of sp³-hybridized carbons (Fsp3) is 0.533. The van der Waals surface area contributed by atoms with Crippen LogP contribution in [-0.2, 0) is 4.79 Å². The third kappa shape index (κ3) is 3.32. The molecule has 1 fully saturated rings. The van der Waals surface area contributed by atoms with Gasteiger partial charge in [0.1, 0.15) is 0 Å². The number of rotatable bonds is 3. The molecule has 20 heavy (non-hydrogen) atoms. The van der Waals surface area contributed by atoms with Gasteiger partial charge in [0.25, 0.3) is 5.91 Å². The summed E-state index contributed by atoms with van der Waals surface area (Å²) in [6, 6.07) is 6.83. The molecule has 5 heteroatoms. The molecule has 0 aliphatic carbocycles. The molecule has 2 rings (SSSR count). The van der Waals surface area contributed by atoms with Gasteiger partial charge in [-0.15, -0.1) is 0 Å². The van der Waals surface area contributed by atoms with E-state index in [0.717, 1.165) is 12.8 Å². The van der Waals surface area contributed by atoms with Crippen molar-refractivity contribution in [2.75, 3.05) is 13.1 Å². The van der Waals surface area contributed by atoms with Gasteiger partial charge in [0, 0.05) is 23.7 Å². The second-order valence-electron chi connectivity index (χ2n) is 5.33. The molecule has 110 valence electrons. The Hall–Kier alpha value is -1.10. The average molecular weight is 298 g/mol. The van der Waals surface area contributed by atoms with Crippen LogP contribution in [0.1, 0.15) is 31.4 Å². The molecule has 1 saturated heterocycles. The average Bonchev–Trinajstić information content (AvgIpc) is 2.46. The van der Waals surface area contributed by atoms with Crippen LogP contribution in [0.3, 0.4) is 0 Å². The molecule has 1 aliphatic heterocycles. The van der Waals surface area contributed by atoms with E-state index in [2.05, 4.69) is 0 Å². The highest BCUT2D eigenvalue weighted by molar-refractivity contribution is 6.31. The van der Waals surface area contributed by atoms with E-state index in [0.29, 0.717) is 23.7 Å². The van der Waals surface area contributed by atoms with E-state index in [1.165, 1.54) is 0 Å². The number of carbonyl (C=O) groups is 1. The molecule has 1 amide bonds. The van der Waals surface area contributed by atoms with Gasteiger partial charge in [0.15, 0.2) is 6.10 Å². The maximum absolute atomic E-state index is 12.3. The van der Waals surface area contributed by atoms with Gasteiger partial charge in [-0.1, -0.05) is 29.8 Å². The van der Waals surface area contributed by atoms with E-state index in [1.54, 1.807) is 36.1 Å². The number of hydrogen-bond acceptors (Lipinski definition) is 3. The fourth-order valence-electron chi connectivity index (χ4n) is 2.61. The van der Waals surface area contributed by atoms with E-state index < -0.39 is 6.10 Å². The largest absolute Gasteiger partial charge is 0.393 e. The molecule has 1 unspecified atom stereocenters. The summed E-state index contributed by atoms with van der Waals surface area (Å²) in [7, 11) is 0. The Morgan fingerprint density at radius 3 is 2.45 bits per heavy atom. The zero-order chi connectivity index (χ0) is 14.7. The maximum atomic E-state index is 12.3. The molecular formula is C15H20ClNO3. The van der Waals surface area contributed by atoms with Gasteiger partial charge in [-0.2, -0.15) is 0 Å². The van der Waals surface area contributed by atoms with E-state index in [9.17, 15) is 15.0 Å². The topological polar surface area (TPSA) is 60.8 Å². The van der Waals surface area contributed by atoms with Crippen molar-refractivity contribution in [2.24, 2.45) is 5.92 Å². The molecule has 2 N–H and O–H groups in total. The lowest BCUT2D eigenvalue weighted by atomic mass is 9.92. The highest BCUT2D eigenvalue weighted by Crippen LogP contribution is 2.27. The molecule has 4 nitrogen and oxygen atoms in total. The number of amides is 1. The first-order valence-corrected chi connectivity index (χ1v) is 7.28. The van der Waals surface area contributed by atoms with Crippen molar-refractivity contribution in [2.45, 2.75) is 32.0 Å². The minimum absolute atomic E-state index is 0.233. The molecule has 0 radical (unpaired) electrons. The zero-order valence-corrected chi connectivity index (χ0v) is 12.3. The van der Waals surface area contributed by atoms with Crippen LogP contribution in [0, 0.1) is 5.92 Å². The summed E-state index contributed by atoms with van der Waals surface area (Å²) in [5, 5.41) is 20.1. The lowest BCUT2D eigenvalue weighted by Gasteiger charge is -2.34. The summed E-state index contributed by atoms with van der Waals surface area (Å²) in [6.07, 6.45) is -0.0374. The standard InChI is InChI=1S/C15H20ClNO3/c1-10(18)11-6-8-17(9-7-11)15(20)14(19)12-4-2-3-5-13(12)16/h2-5,10-11,14,18-19H,6-9H2,1H3/t10?,14-/m1/s1. The Kier molecular flexibility index (Phi) is 5.02. The van der Waals surface area contributed by atoms with Crippen LogP contribution in [0.15, 0.2) is 24.3 Å². The Bertz CT molecular complexity index is 470. The van der Waals surface area contributed by atoms with E-state index >= 15 is 0 Å². The molecule has 2 atom stereocenters. The Labute approximate surface area is 124 Å². The van der Waals surface area contributed by atoms with Gasteiger partial charge in [0.2, 0.25) is 0 Å². The van der Waals surface area contributed by atoms with Crippen molar-refractivity contribution >= 4 is 17.5 Å². The third-order valence-electron chi connectivity index (χ3n) is 3.97. The minimum atomic E-state index is -1.22. The second-order valence-corrected chi connectivity index (χ2v) is 5.73. The van der Waals surface area contributed by atoms with Crippen molar-refractivity contribution in [1.82, 2.24) is 4.90 Å². The third-order valence-corrected chi connectivity index (χ3v) is 4.31. The van der Waals surface area contributed by atoms with Crippen LogP contribution in [0.5, 0.6) is 0 Å². The van der Waals surface area contributed by atoms with Crippen LogP contribution in [0.25, 0.3) is 0 Å². The van der Waals surface area contributed by atoms with Crippen molar-refractivity contribution in [3.63, 3.8) is 0 Å². The summed E-state index contributed by atoms with van der Waals surface area (Å²) in [5.41, 5.74) is 0.441. The number of hydrogen-bond donors (Lipinski definition) is 2. The van der Waals surface area contributed by atoms with E-state index in [-0.39, 0.29) is 17.9 Å². The Morgan fingerprint density at radius 1 is 1.30 bits per heavy atom. The number of nitrogens with zero attached hydrogens (tertiary/aromatic N) is 1. The van der Waals surface area contributed by atoms with Crippen molar-refractivity contribution < 1.29 is 15.0 Å². The number of carbonyl (C=O) groups excluding carboxylic acids is 1. The molecule has 1 aliphatic rings. The number of piperidine rings is 1. The molecule has 0 saturated carbocycles. The van der Waals surface area contributed by atoms with E-state index in [1.807, 2.05) is 0 Å². The van der Waals surface area contributed by atoms with Gasteiger partial charge in [-0.3, -0.25) is 4.79 Å². The van der Waals surface area contributed by atoms with Gasteiger partial charge in [-0.25, -0.2) is 0 Å². The summed E-state index contributed by atoms with van der Waals surface area (Å²) in [5.74, 6) is -0.0846. The SMILES string of the molecule is CC(O)C1CCN(C(=O)[C@H](O)c2ccccc2Cl)CC1. The number of aliphatic hydroxyl groups excluding tert-OH is 2. The van der Waals surface area contributed by atoms with Gasteiger partial charge < -0.3 is 15.1 Å². The fourth-order valence-corrected chi connectivity index (χ4v) is 2.84. The molecule has 0 bridgehead atoms. The quantitative estimate of drug-likeness (QED) is 0.897. The van der Waals surface area contributed by atoms with Gasteiger partial charge in [0.05, 0.1) is 6.10 Å². The molecule has 1 heterocycles. The lowest BCUT2D eigenvalue weighted by Crippen LogP contribution is -2.42. The monoisotopic (exact) mass is 297 g/mol. The summed E-state index contributed by atoms with van der Waals surface area (Å²) >= 11 is 6.00. The lowest BCUT2D eigenvalue weighted by molar-refractivity contribution is -0.142. The van der Waals surface area contributed by atoms with Crippen molar-refractivity contribution in [1.29, 1.82) is 0 Å². The van der Waals surface area contributed by atoms with Crippen LogP contribution >= 0.6 is 11.6 Å². The molecule has 1 aromatic carbocycles. The first-order valence-electron chi connectivity index (χ1n) is 6.90. The first-order chi connectivity index (χ1) is 9.50. The number of likely N-dealkylation sites (tertiary alicyclic amines) is 1. The van der Waals surface area contributed by atoms with Gasteiger partial charge in [-0.05, 0) is 31.7 Å². The second kappa shape index (κ2) is 6.57. The normalized spacial score (nSPS) is 19.7. The summed E-state index contributed by atoms with van der Waals surface area (Å²) in [4.78, 5) is 13.9. The predicted molar refractivity (Wildman–Crippen MR) is 77.4 cm³/mol. The molecule has 0 spiro atoms. The van der Waals surface area contributed by atoms with Crippen molar-refractivity contribution in [3.8, 4) is 0 Å². The van der Waals surface area contributed by atoms with Crippen LogP contribution in [0.2, 0.25) is 5.02 Å². The summed E-state index contributed by atoms with van der Waals surface area (Å²) in [6.45, 7) is 2.91. The predicted octanol–water partition coefficient (Wildman–Crippen LogP) is 1.99. The number of halogens is 1. The van der Waals surface area contributed by atoms with E-state index in [4.69, 9.17) is 11.6 Å². The van der Waals surface area contributed by atoms with Gasteiger partial charge >= 0.3 is 0 Å². The van der Waals surface area contributed by atoms with Crippen LogP contribution in [0.4, 0.5) is 0 Å². The first kappa shape index (κ1) is 15.3. The molecule has 0 aromatic heterocycles. The zero-order valence-electron chi connectivity index (χ0n) is 11.5. The van der Waals surface area contributed by atoms with Crippen molar-refractivity contribution in [3.05, 3.63) is 34.9 Å². The Balaban J connectivity index is 2.00. The highest BCUT2D eigenvalue weighted by Gasteiger charge is 2.30. The van der Waals surface area contributed by atoms with Crippen LogP contribution in [-0.4, -0.2) is 40.2 Å². The molecular weight excluding hydrogens is 278 g/mol. The minimum Gasteiger partial charge on any atom is -0.393 e. The Morgan fingerprint density at radius 2 is 1.90 bits per heavy atom. The van der Waals surface area contributed by atoms with Crippen LogP contribution < -0.4 is 0 Å². The maximum Gasteiger partial charge on any atom is 0.256 e.